The van der Waals surface area contributed by atoms with E-state index in [-0.39, 0.29) is 6.42 Å². The highest BCUT2D eigenvalue weighted by atomic mass is 16.4. The Hall–Kier alpha value is -3.20. The van der Waals surface area contributed by atoms with Crippen LogP contribution < -0.4 is 0 Å². The molecule has 3 heteroatoms. The minimum absolute atomic E-state index is 0.0206. The molecule has 0 saturated heterocycles. The lowest BCUT2D eigenvalue weighted by molar-refractivity contribution is -0.136. The molecule has 3 aromatic carbocycles. The van der Waals surface area contributed by atoms with E-state index in [9.17, 15) is 9.90 Å². The van der Waals surface area contributed by atoms with Crippen LogP contribution >= 0.6 is 0 Å². The first kappa shape index (κ1) is 15.8. The molecular weight excluding hydrogens is 346 g/mol. The van der Waals surface area contributed by atoms with Crippen LogP contribution in [0.1, 0.15) is 40.6 Å². The van der Waals surface area contributed by atoms with Crippen LogP contribution in [0.25, 0.3) is 32.8 Å². The summed E-state index contributed by atoms with van der Waals surface area (Å²) in [7, 11) is 0. The lowest BCUT2D eigenvalue weighted by atomic mass is 9.87. The number of carbonyl (C=O) groups is 1. The Labute approximate surface area is 162 Å². The molecule has 1 aromatic heterocycles. The molecule has 0 bridgehead atoms. The number of aliphatic carboxylic acids is 1. The number of aromatic nitrogens is 1. The molecule has 2 aliphatic carbocycles. The van der Waals surface area contributed by atoms with Gasteiger partial charge in [-0.2, -0.15) is 0 Å². The number of para-hydroxylation sites is 1. The Morgan fingerprint density at radius 2 is 1.75 bits per heavy atom. The van der Waals surface area contributed by atoms with Crippen LogP contribution in [0.4, 0.5) is 0 Å². The van der Waals surface area contributed by atoms with Crippen LogP contribution in [-0.2, 0) is 11.2 Å². The molecule has 2 unspecified atom stereocenters. The summed E-state index contributed by atoms with van der Waals surface area (Å²) in [6.07, 6.45) is 1.25. The highest BCUT2D eigenvalue weighted by Gasteiger charge is 2.46. The maximum atomic E-state index is 11.6. The summed E-state index contributed by atoms with van der Waals surface area (Å²) < 4.78 is 0. The highest BCUT2D eigenvalue weighted by Crippen LogP contribution is 2.63. The number of benzene rings is 3. The van der Waals surface area contributed by atoms with Crippen molar-refractivity contribution >= 4 is 27.6 Å². The summed E-state index contributed by atoms with van der Waals surface area (Å²) in [5.74, 6) is 0.542. The smallest absolute Gasteiger partial charge is 0.307 e. The van der Waals surface area contributed by atoms with Crippen molar-refractivity contribution < 1.29 is 9.90 Å². The second-order valence-electron chi connectivity index (χ2n) is 8.06. The van der Waals surface area contributed by atoms with E-state index in [1.165, 1.54) is 28.3 Å². The van der Waals surface area contributed by atoms with E-state index >= 15 is 0 Å². The predicted octanol–water partition coefficient (Wildman–Crippen LogP) is 5.58. The van der Waals surface area contributed by atoms with Crippen molar-refractivity contribution in [2.75, 3.05) is 0 Å². The van der Waals surface area contributed by atoms with Crippen LogP contribution in [0.2, 0.25) is 0 Å². The molecule has 4 aromatic rings. The van der Waals surface area contributed by atoms with Gasteiger partial charge in [-0.05, 0) is 69.8 Å². The van der Waals surface area contributed by atoms with E-state index in [4.69, 9.17) is 4.98 Å². The number of fused-ring (bicyclic) bond motifs is 4. The summed E-state index contributed by atoms with van der Waals surface area (Å²) in [4.78, 5) is 16.3. The summed E-state index contributed by atoms with van der Waals surface area (Å²) in [6, 6.07) is 19.1. The number of aryl methyl sites for hydroxylation is 1. The third-order valence-electron chi connectivity index (χ3n) is 6.49. The first-order valence-electron chi connectivity index (χ1n) is 9.79. The Kier molecular flexibility index (Phi) is 3.06. The van der Waals surface area contributed by atoms with Crippen molar-refractivity contribution in [1.29, 1.82) is 0 Å². The minimum Gasteiger partial charge on any atom is -0.481 e. The third kappa shape index (κ3) is 2.04. The molecule has 3 nitrogen and oxygen atoms in total. The van der Waals surface area contributed by atoms with E-state index in [2.05, 4.69) is 36.4 Å². The SMILES string of the molecule is Cc1nc2ccccc2c(-c2ccc3c4c(cccc24)C2CC32)c1CC(=O)O. The number of rotatable bonds is 3. The number of carboxylic acids is 1. The first-order valence-corrected chi connectivity index (χ1v) is 9.79. The van der Waals surface area contributed by atoms with Gasteiger partial charge in [0.2, 0.25) is 0 Å². The summed E-state index contributed by atoms with van der Waals surface area (Å²) in [5, 5.41) is 13.2. The standard InChI is InChI=1S/C25H19NO2/c1-13-19(12-23(27)28)25(18-5-2-3-8-22(18)26-13)16-9-10-17-21-11-20(21)15-7-4-6-14(16)24(15)17/h2-10,20-21H,11-12H2,1H3,(H,27,28). The number of hydrogen-bond acceptors (Lipinski definition) is 2. The number of nitrogens with zero attached hydrogens (tertiary/aromatic N) is 1. The van der Waals surface area contributed by atoms with Gasteiger partial charge in [0.25, 0.3) is 0 Å². The minimum atomic E-state index is -0.825. The second kappa shape index (κ2) is 5.41. The van der Waals surface area contributed by atoms with E-state index < -0.39 is 5.97 Å². The Morgan fingerprint density at radius 1 is 1.00 bits per heavy atom. The zero-order valence-electron chi connectivity index (χ0n) is 15.6. The average molecular weight is 365 g/mol. The number of carboxylic acid groups (broad SMARTS) is 1. The largest absolute Gasteiger partial charge is 0.481 e. The molecule has 2 aliphatic rings. The van der Waals surface area contributed by atoms with Gasteiger partial charge in [0.15, 0.2) is 0 Å². The number of pyridine rings is 1. The number of hydrogen-bond donors (Lipinski definition) is 1. The molecule has 28 heavy (non-hydrogen) atoms. The monoisotopic (exact) mass is 365 g/mol. The Balaban J connectivity index is 1.75. The van der Waals surface area contributed by atoms with Gasteiger partial charge in [0.1, 0.15) is 0 Å². The van der Waals surface area contributed by atoms with Gasteiger partial charge in [0.05, 0.1) is 11.9 Å². The van der Waals surface area contributed by atoms with Gasteiger partial charge in [-0.15, -0.1) is 0 Å². The van der Waals surface area contributed by atoms with Crippen molar-refractivity contribution in [1.82, 2.24) is 4.98 Å². The maximum Gasteiger partial charge on any atom is 0.307 e. The van der Waals surface area contributed by atoms with Crippen molar-refractivity contribution in [3.8, 4) is 11.1 Å². The van der Waals surface area contributed by atoms with Crippen LogP contribution in [0.3, 0.4) is 0 Å². The quantitative estimate of drug-likeness (QED) is 0.516. The first-order chi connectivity index (χ1) is 13.6. The topological polar surface area (TPSA) is 50.2 Å². The zero-order chi connectivity index (χ0) is 19.0. The fourth-order valence-electron chi connectivity index (χ4n) is 5.23. The van der Waals surface area contributed by atoms with Crippen LogP contribution in [-0.4, -0.2) is 16.1 Å². The summed E-state index contributed by atoms with van der Waals surface area (Å²) >= 11 is 0. The van der Waals surface area contributed by atoms with Gasteiger partial charge in [0, 0.05) is 11.1 Å². The molecule has 0 radical (unpaired) electrons. The lowest BCUT2D eigenvalue weighted by Crippen LogP contribution is -2.06. The molecule has 0 amide bonds. The summed E-state index contributed by atoms with van der Waals surface area (Å²) in [5.41, 5.74) is 7.60. The van der Waals surface area contributed by atoms with Crippen LogP contribution in [0.15, 0.2) is 54.6 Å². The summed E-state index contributed by atoms with van der Waals surface area (Å²) in [6.45, 7) is 1.92. The zero-order valence-corrected chi connectivity index (χ0v) is 15.6. The molecule has 2 atom stereocenters. The van der Waals surface area contributed by atoms with Crippen LogP contribution in [0.5, 0.6) is 0 Å². The highest BCUT2D eigenvalue weighted by molar-refractivity contribution is 6.09. The van der Waals surface area contributed by atoms with Gasteiger partial charge in [-0.1, -0.05) is 48.5 Å². The van der Waals surface area contributed by atoms with E-state index in [0.717, 1.165) is 33.3 Å². The van der Waals surface area contributed by atoms with Gasteiger partial charge in [-0.25, -0.2) is 0 Å². The van der Waals surface area contributed by atoms with Crippen molar-refractivity contribution in [2.45, 2.75) is 31.6 Å². The Morgan fingerprint density at radius 3 is 2.57 bits per heavy atom. The van der Waals surface area contributed by atoms with Crippen molar-refractivity contribution in [3.05, 3.63) is 77.0 Å². The molecule has 0 spiro atoms. The van der Waals surface area contributed by atoms with E-state index in [1.54, 1.807) is 0 Å². The van der Waals surface area contributed by atoms with Crippen molar-refractivity contribution in [3.63, 3.8) is 0 Å². The van der Waals surface area contributed by atoms with Gasteiger partial charge < -0.3 is 5.11 Å². The molecule has 6 rings (SSSR count). The molecule has 0 aliphatic heterocycles. The van der Waals surface area contributed by atoms with E-state index in [1.807, 2.05) is 25.1 Å². The Bertz CT molecular complexity index is 1310. The molecule has 1 heterocycles. The molecule has 1 saturated carbocycles. The molecule has 1 fully saturated rings. The van der Waals surface area contributed by atoms with Gasteiger partial charge >= 0.3 is 5.97 Å². The molecular formula is C25H19NO2. The normalized spacial score (nSPS) is 19.2. The second-order valence-corrected chi connectivity index (χ2v) is 8.06. The van der Waals surface area contributed by atoms with Gasteiger partial charge in [-0.3, -0.25) is 9.78 Å². The fourth-order valence-corrected chi connectivity index (χ4v) is 5.23. The maximum absolute atomic E-state index is 11.6. The predicted molar refractivity (Wildman–Crippen MR) is 111 cm³/mol. The van der Waals surface area contributed by atoms with Crippen LogP contribution in [0, 0.1) is 6.92 Å². The van der Waals surface area contributed by atoms with Crippen molar-refractivity contribution in [2.24, 2.45) is 0 Å². The lowest BCUT2D eigenvalue weighted by Gasteiger charge is -2.18. The van der Waals surface area contributed by atoms with E-state index in [0.29, 0.717) is 11.8 Å². The fraction of sp³-hybridized carbons (Fsp3) is 0.200. The molecule has 1 N–H and O–H groups in total. The average Bonchev–Trinajstić information content (AvgIpc) is 3.42. The molecule has 136 valence electrons. The third-order valence-corrected chi connectivity index (χ3v) is 6.49.